The van der Waals surface area contributed by atoms with Crippen molar-refractivity contribution in [3.05, 3.63) is 59.2 Å². The van der Waals surface area contributed by atoms with Gasteiger partial charge >= 0.3 is 6.36 Å². The lowest BCUT2D eigenvalue weighted by molar-refractivity contribution is -0.275. The van der Waals surface area contributed by atoms with E-state index in [0.29, 0.717) is 5.56 Å². The van der Waals surface area contributed by atoms with Crippen molar-refractivity contribution in [1.29, 1.82) is 0 Å². The molecule has 0 saturated carbocycles. The van der Waals surface area contributed by atoms with Crippen molar-refractivity contribution >= 4 is 11.6 Å². The summed E-state index contributed by atoms with van der Waals surface area (Å²) in [5.74, 6) is -0.497. The first-order valence-corrected chi connectivity index (χ1v) is 8.49. The van der Waals surface area contributed by atoms with Gasteiger partial charge < -0.3 is 10.1 Å². The van der Waals surface area contributed by atoms with Crippen LogP contribution >= 0.6 is 0 Å². The molecular weight excluding hydrogens is 357 g/mol. The van der Waals surface area contributed by atoms with E-state index in [2.05, 4.69) is 10.1 Å². The highest BCUT2D eigenvalue weighted by atomic mass is 19.4. The van der Waals surface area contributed by atoms with Gasteiger partial charge in [-0.25, -0.2) is 0 Å². The van der Waals surface area contributed by atoms with E-state index < -0.39 is 12.4 Å². The first-order chi connectivity index (χ1) is 12.6. The van der Waals surface area contributed by atoms with Crippen molar-refractivity contribution in [1.82, 2.24) is 4.90 Å². The highest BCUT2D eigenvalue weighted by Crippen LogP contribution is 2.27. The van der Waals surface area contributed by atoms with E-state index in [1.54, 1.807) is 31.0 Å². The van der Waals surface area contributed by atoms with Gasteiger partial charge in [0.1, 0.15) is 5.75 Å². The zero-order valence-corrected chi connectivity index (χ0v) is 15.7. The summed E-state index contributed by atoms with van der Waals surface area (Å²) >= 11 is 0. The van der Waals surface area contributed by atoms with E-state index in [4.69, 9.17) is 0 Å². The summed E-state index contributed by atoms with van der Waals surface area (Å²) in [4.78, 5) is 14.3. The van der Waals surface area contributed by atoms with Gasteiger partial charge in [0.25, 0.3) is 0 Å². The molecule has 27 heavy (non-hydrogen) atoms. The average molecular weight is 380 g/mol. The molecule has 7 heteroatoms. The Hall–Kier alpha value is -2.54. The number of carbonyl (C=O) groups excluding carboxylic acids is 1. The second-order valence-corrected chi connectivity index (χ2v) is 6.50. The van der Waals surface area contributed by atoms with Crippen LogP contribution in [0.3, 0.4) is 0 Å². The maximum atomic E-state index is 12.6. The van der Waals surface area contributed by atoms with Crippen LogP contribution in [0.25, 0.3) is 0 Å². The van der Waals surface area contributed by atoms with E-state index in [-0.39, 0.29) is 18.2 Å². The van der Waals surface area contributed by atoms with Gasteiger partial charge in [0.2, 0.25) is 5.91 Å². The van der Waals surface area contributed by atoms with Gasteiger partial charge in [-0.05, 0) is 45.0 Å². The molecule has 1 atom stereocenters. The number of nitrogens with one attached hydrogen (secondary N) is 1. The fourth-order valence-corrected chi connectivity index (χ4v) is 2.70. The molecule has 1 N–H and O–H groups in total. The van der Waals surface area contributed by atoms with Crippen LogP contribution in [-0.2, 0) is 11.3 Å². The number of carbonyl (C=O) groups is 1. The largest absolute Gasteiger partial charge is 0.573 e. The third-order valence-corrected chi connectivity index (χ3v) is 4.39. The van der Waals surface area contributed by atoms with Gasteiger partial charge in [0.05, 0.1) is 6.04 Å². The van der Waals surface area contributed by atoms with Gasteiger partial charge in [0.15, 0.2) is 0 Å². The second-order valence-electron chi connectivity index (χ2n) is 6.50. The van der Waals surface area contributed by atoms with Crippen molar-refractivity contribution in [2.45, 2.75) is 39.7 Å². The highest BCUT2D eigenvalue weighted by molar-refractivity contribution is 5.95. The Kier molecular flexibility index (Phi) is 6.49. The van der Waals surface area contributed by atoms with Crippen molar-refractivity contribution < 1.29 is 22.7 Å². The fourth-order valence-electron chi connectivity index (χ4n) is 2.70. The van der Waals surface area contributed by atoms with Crippen molar-refractivity contribution in [3.8, 4) is 5.75 Å². The van der Waals surface area contributed by atoms with E-state index in [1.807, 2.05) is 32.0 Å². The Morgan fingerprint density at radius 2 is 1.70 bits per heavy atom. The van der Waals surface area contributed by atoms with Crippen LogP contribution in [0.2, 0.25) is 0 Å². The molecule has 0 aliphatic heterocycles. The molecule has 0 aliphatic rings. The molecule has 1 amide bonds. The Balaban J connectivity index is 2.10. The van der Waals surface area contributed by atoms with Crippen LogP contribution < -0.4 is 10.1 Å². The zero-order chi connectivity index (χ0) is 20.2. The van der Waals surface area contributed by atoms with Crippen molar-refractivity contribution in [2.24, 2.45) is 0 Å². The Labute approximate surface area is 156 Å². The summed E-state index contributed by atoms with van der Waals surface area (Å²) in [7, 11) is 1.68. The molecule has 0 spiro atoms. The van der Waals surface area contributed by atoms with Gasteiger partial charge in [-0.15, -0.1) is 13.2 Å². The quantitative estimate of drug-likeness (QED) is 0.792. The Morgan fingerprint density at radius 3 is 2.30 bits per heavy atom. The molecule has 0 bridgehead atoms. The summed E-state index contributed by atoms with van der Waals surface area (Å²) in [6.07, 6.45) is -4.76. The molecular formula is C20H23F3N2O2. The molecule has 2 rings (SSSR count). The van der Waals surface area contributed by atoms with Crippen LogP contribution in [0, 0.1) is 13.8 Å². The van der Waals surface area contributed by atoms with E-state index in [0.717, 1.165) is 16.8 Å². The first-order valence-electron chi connectivity index (χ1n) is 8.49. The number of amides is 1. The number of benzene rings is 2. The normalized spacial score (nSPS) is 12.7. The molecule has 0 aromatic heterocycles. The predicted octanol–water partition coefficient (Wildman–Crippen LogP) is 4.66. The summed E-state index contributed by atoms with van der Waals surface area (Å²) in [5.41, 5.74) is 3.00. The van der Waals surface area contributed by atoms with Crippen molar-refractivity contribution in [3.63, 3.8) is 0 Å². The van der Waals surface area contributed by atoms with Gasteiger partial charge in [0, 0.05) is 17.8 Å². The van der Waals surface area contributed by atoms with Crippen LogP contribution in [0.15, 0.2) is 42.5 Å². The molecule has 4 nitrogen and oxygen atoms in total. The third-order valence-electron chi connectivity index (χ3n) is 4.39. The first kappa shape index (κ1) is 20.8. The Bertz CT molecular complexity index is 786. The lowest BCUT2D eigenvalue weighted by Gasteiger charge is -2.25. The zero-order valence-electron chi connectivity index (χ0n) is 15.7. The number of alkyl halides is 3. The summed E-state index contributed by atoms with van der Waals surface area (Å²) in [6, 6.07) is 11.1. The molecule has 146 valence electrons. The summed E-state index contributed by atoms with van der Waals surface area (Å²) < 4.78 is 41.8. The molecule has 0 heterocycles. The maximum absolute atomic E-state index is 12.6. The van der Waals surface area contributed by atoms with Crippen LogP contribution in [-0.4, -0.2) is 30.3 Å². The minimum Gasteiger partial charge on any atom is -0.405 e. The number of halogens is 3. The lowest BCUT2D eigenvalue weighted by Crippen LogP contribution is -2.39. The molecule has 0 radical (unpaired) electrons. The fraction of sp³-hybridized carbons (Fsp3) is 0.350. The molecule has 0 saturated heterocycles. The molecule has 2 aromatic rings. The lowest BCUT2D eigenvalue weighted by atomic mass is 10.1. The molecule has 0 aliphatic carbocycles. The second kappa shape index (κ2) is 8.43. The van der Waals surface area contributed by atoms with Crippen LogP contribution in [0.5, 0.6) is 5.75 Å². The number of ether oxygens (including phenoxy) is 1. The summed E-state index contributed by atoms with van der Waals surface area (Å²) in [6.45, 7) is 5.65. The number of hydrogen-bond acceptors (Lipinski definition) is 3. The minimum absolute atomic E-state index is 0.133. The Morgan fingerprint density at radius 1 is 1.11 bits per heavy atom. The van der Waals surface area contributed by atoms with E-state index in [9.17, 15) is 18.0 Å². The monoisotopic (exact) mass is 380 g/mol. The number of hydrogen-bond donors (Lipinski definition) is 1. The van der Waals surface area contributed by atoms with E-state index >= 15 is 0 Å². The number of rotatable bonds is 6. The molecule has 1 unspecified atom stereocenters. The van der Waals surface area contributed by atoms with Crippen LogP contribution in [0.4, 0.5) is 18.9 Å². The number of likely N-dealkylation sites (N-methyl/N-ethyl adjacent to an activating group) is 1. The number of para-hydroxylation sites is 2. The third kappa shape index (κ3) is 5.72. The highest BCUT2D eigenvalue weighted by Gasteiger charge is 2.32. The maximum Gasteiger partial charge on any atom is 0.573 e. The topological polar surface area (TPSA) is 41.6 Å². The number of anilines is 1. The standard InChI is InChI=1S/C20H23F3N2O2/c1-13-8-7-9-14(2)18(13)24-19(26)15(3)25(4)12-16-10-5-6-11-17(16)27-20(21,22)23/h5-11,15H,12H2,1-4H3,(H,24,26). The smallest absolute Gasteiger partial charge is 0.405 e. The number of nitrogens with zero attached hydrogens (tertiary/aromatic N) is 1. The predicted molar refractivity (Wildman–Crippen MR) is 98.6 cm³/mol. The molecule has 0 fully saturated rings. The molecule has 2 aromatic carbocycles. The van der Waals surface area contributed by atoms with Crippen molar-refractivity contribution in [2.75, 3.05) is 12.4 Å². The minimum atomic E-state index is -4.76. The average Bonchev–Trinajstić information content (AvgIpc) is 2.58. The van der Waals surface area contributed by atoms with Gasteiger partial charge in [-0.3, -0.25) is 9.69 Å². The van der Waals surface area contributed by atoms with Crippen LogP contribution in [0.1, 0.15) is 23.6 Å². The summed E-state index contributed by atoms with van der Waals surface area (Å²) in [5, 5.41) is 2.91. The number of aryl methyl sites for hydroxylation is 2. The van der Waals surface area contributed by atoms with Gasteiger partial charge in [-0.2, -0.15) is 0 Å². The van der Waals surface area contributed by atoms with Gasteiger partial charge in [-0.1, -0.05) is 36.4 Å². The SMILES string of the molecule is Cc1cccc(C)c1NC(=O)C(C)N(C)Cc1ccccc1OC(F)(F)F. The van der Waals surface area contributed by atoms with E-state index in [1.165, 1.54) is 12.1 Å².